The van der Waals surface area contributed by atoms with Gasteiger partial charge in [-0.25, -0.2) is 0 Å². The second-order valence-electron chi connectivity index (χ2n) is 5.51. The zero-order chi connectivity index (χ0) is 13.7. The summed E-state index contributed by atoms with van der Waals surface area (Å²) in [4.78, 5) is 2.42. The topological polar surface area (TPSA) is 24.5 Å². The first-order valence-corrected chi connectivity index (χ1v) is 7.37. The molecule has 1 aromatic rings. The fraction of sp³-hybridized carbons (Fsp3) is 0.625. The highest BCUT2D eigenvalue weighted by atomic mass is 16.5. The Morgan fingerprint density at radius 1 is 1.32 bits per heavy atom. The van der Waals surface area contributed by atoms with Crippen LogP contribution < -0.4 is 10.1 Å². The van der Waals surface area contributed by atoms with E-state index in [4.69, 9.17) is 4.74 Å². The summed E-state index contributed by atoms with van der Waals surface area (Å²) in [6.07, 6.45) is 3.71. The van der Waals surface area contributed by atoms with Gasteiger partial charge in [-0.2, -0.15) is 0 Å². The molecule has 1 aliphatic rings. The van der Waals surface area contributed by atoms with E-state index in [1.165, 1.54) is 37.9 Å². The molecule has 2 rings (SSSR count). The Morgan fingerprint density at radius 2 is 2.16 bits per heavy atom. The van der Waals surface area contributed by atoms with Gasteiger partial charge in [0.1, 0.15) is 5.75 Å². The smallest absolute Gasteiger partial charge is 0.142 e. The SMILES string of the molecule is CCOc1cc(C)ccc1NC1CCCN(C)CC1. The van der Waals surface area contributed by atoms with Crippen LogP contribution in [0.2, 0.25) is 0 Å². The second-order valence-corrected chi connectivity index (χ2v) is 5.51. The van der Waals surface area contributed by atoms with E-state index < -0.39 is 0 Å². The van der Waals surface area contributed by atoms with Crippen LogP contribution in [0.25, 0.3) is 0 Å². The molecule has 0 aromatic heterocycles. The Hall–Kier alpha value is -1.22. The summed E-state index contributed by atoms with van der Waals surface area (Å²) in [7, 11) is 2.21. The first-order valence-electron chi connectivity index (χ1n) is 7.37. The first-order chi connectivity index (χ1) is 9.19. The normalized spacial score (nSPS) is 20.9. The summed E-state index contributed by atoms with van der Waals surface area (Å²) in [6, 6.07) is 6.98. The number of nitrogens with zero attached hydrogens (tertiary/aromatic N) is 1. The Morgan fingerprint density at radius 3 is 2.95 bits per heavy atom. The molecule has 0 amide bonds. The highest BCUT2D eigenvalue weighted by Crippen LogP contribution is 2.28. The molecule has 1 N–H and O–H groups in total. The van der Waals surface area contributed by atoms with Gasteiger partial charge in [0.2, 0.25) is 0 Å². The Balaban J connectivity index is 2.05. The van der Waals surface area contributed by atoms with Crippen molar-refractivity contribution in [3.63, 3.8) is 0 Å². The molecule has 1 aliphatic heterocycles. The van der Waals surface area contributed by atoms with Gasteiger partial charge in [0, 0.05) is 6.04 Å². The molecule has 1 aromatic carbocycles. The Kier molecular flexibility index (Phi) is 5.08. The number of hydrogen-bond donors (Lipinski definition) is 1. The van der Waals surface area contributed by atoms with Gasteiger partial charge < -0.3 is 15.0 Å². The molecule has 0 spiro atoms. The number of rotatable bonds is 4. The molecule has 0 bridgehead atoms. The molecule has 19 heavy (non-hydrogen) atoms. The summed E-state index contributed by atoms with van der Waals surface area (Å²) in [5.74, 6) is 0.986. The molecule has 0 radical (unpaired) electrons. The molecule has 1 atom stereocenters. The largest absolute Gasteiger partial charge is 0.492 e. The third-order valence-corrected chi connectivity index (χ3v) is 3.75. The summed E-state index contributed by atoms with van der Waals surface area (Å²) < 4.78 is 5.74. The molecular weight excluding hydrogens is 236 g/mol. The van der Waals surface area contributed by atoms with E-state index in [2.05, 4.69) is 42.4 Å². The van der Waals surface area contributed by atoms with Gasteiger partial charge in [0.05, 0.1) is 12.3 Å². The van der Waals surface area contributed by atoms with E-state index in [1.807, 2.05) is 6.92 Å². The fourth-order valence-electron chi connectivity index (χ4n) is 2.63. The van der Waals surface area contributed by atoms with Gasteiger partial charge >= 0.3 is 0 Å². The highest BCUT2D eigenvalue weighted by Gasteiger charge is 2.16. The number of nitrogens with one attached hydrogen (secondary N) is 1. The minimum atomic E-state index is 0.562. The molecule has 106 valence electrons. The molecule has 3 nitrogen and oxygen atoms in total. The summed E-state index contributed by atoms with van der Waals surface area (Å²) in [6.45, 7) is 7.24. The third kappa shape index (κ3) is 4.13. The molecule has 1 heterocycles. The maximum Gasteiger partial charge on any atom is 0.142 e. The molecule has 1 unspecified atom stereocenters. The van der Waals surface area contributed by atoms with Crippen LogP contribution in [0.4, 0.5) is 5.69 Å². The lowest BCUT2D eigenvalue weighted by Crippen LogP contribution is -2.23. The average Bonchev–Trinajstić information content (AvgIpc) is 2.58. The maximum atomic E-state index is 5.74. The van der Waals surface area contributed by atoms with E-state index in [-0.39, 0.29) is 0 Å². The molecular formula is C16H26N2O. The first kappa shape index (κ1) is 14.2. The van der Waals surface area contributed by atoms with E-state index >= 15 is 0 Å². The lowest BCUT2D eigenvalue weighted by molar-refractivity contribution is 0.340. The van der Waals surface area contributed by atoms with E-state index in [0.29, 0.717) is 12.6 Å². The molecule has 1 saturated heterocycles. The third-order valence-electron chi connectivity index (χ3n) is 3.75. The van der Waals surface area contributed by atoms with E-state index in [0.717, 1.165) is 11.4 Å². The second kappa shape index (κ2) is 6.80. The van der Waals surface area contributed by atoms with Gasteiger partial charge in [0.25, 0.3) is 0 Å². The van der Waals surface area contributed by atoms with Crippen LogP contribution in [0.5, 0.6) is 5.75 Å². The van der Waals surface area contributed by atoms with E-state index in [9.17, 15) is 0 Å². The molecule has 0 aliphatic carbocycles. The number of aryl methyl sites for hydroxylation is 1. The number of ether oxygens (including phenoxy) is 1. The average molecular weight is 262 g/mol. The van der Waals surface area contributed by atoms with Crippen LogP contribution in [-0.2, 0) is 0 Å². The summed E-state index contributed by atoms with van der Waals surface area (Å²) >= 11 is 0. The predicted molar refractivity (Wildman–Crippen MR) is 81.1 cm³/mol. The number of hydrogen-bond acceptors (Lipinski definition) is 3. The zero-order valence-corrected chi connectivity index (χ0v) is 12.4. The standard InChI is InChI=1S/C16H26N2O/c1-4-19-16-12-13(2)7-8-15(16)17-14-6-5-10-18(3)11-9-14/h7-8,12,14,17H,4-6,9-11H2,1-3H3. The van der Waals surface area contributed by atoms with Crippen molar-refractivity contribution in [2.75, 3.05) is 32.1 Å². The summed E-state index contributed by atoms with van der Waals surface area (Å²) in [5, 5.41) is 3.67. The van der Waals surface area contributed by atoms with Gasteiger partial charge in [-0.3, -0.25) is 0 Å². The quantitative estimate of drug-likeness (QED) is 0.901. The van der Waals surface area contributed by atoms with Crippen LogP contribution in [0.3, 0.4) is 0 Å². The highest BCUT2D eigenvalue weighted by molar-refractivity contribution is 5.58. The van der Waals surface area contributed by atoms with Gasteiger partial charge in [0.15, 0.2) is 0 Å². The monoisotopic (exact) mass is 262 g/mol. The minimum Gasteiger partial charge on any atom is -0.492 e. The van der Waals surface area contributed by atoms with Gasteiger partial charge in [-0.15, -0.1) is 0 Å². The van der Waals surface area contributed by atoms with Crippen molar-refractivity contribution < 1.29 is 4.74 Å². The molecule has 1 fully saturated rings. The van der Waals surface area contributed by atoms with Crippen LogP contribution in [0.15, 0.2) is 18.2 Å². The predicted octanol–water partition coefficient (Wildman–Crippen LogP) is 3.29. The van der Waals surface area contributed by atoms with Crippen molar-refractivity contribution >= 4 is 5.69 Å². The summed E-state index contributed by atoms with van der Waals surface area (Å²) in [5.41, 5.74) is 2.39. The minimum absolute atomic E-state index is 0.562. The van der Waals surface area contributed by atoms with Crippen molar-refractivity contribution in [2.24, 2.45) is 0 Å². The fourth-order valence-corrected chi connectivity index (χ4v) is 2.63. The van der Waals surface area contributed by atoms with Crippen LogP contribution in [-0.4, -0.2) is 37.7 Å². The number of benzene rings is 1. The van der Waals surface area contributed by atoms with Gasteiger partial charge in [-0.1, -0.05) is 6.07 Å². The Labute approximate surface area is 116 Å². The zero-order valence-electron chi connectivity index (χ0n) is 12.4. The van der Waals surface area contributed by atoms with Crippen LogP contribution >= 0.6 is 0 Å². The van der Waals surface area contributed by atoms with Crippen LogP contribution in [0.1, 0.15) is 31.7 Å². The van der Waals surface area contributed by atoms with E-state index in [1.54, 1.807) is 0 Å². The lowest BCUT2D eigenvalue weighted by Gasteiger charge is -2.20. The van der Waals surface area contributed by atoms with Gasteiger partial charge in [-0.05, 0) is 70.9 Å². The van der Waals surface area contributed by atoms with Crippen LogP contribution in [0, 0.1) is 6.92 Å². The van der Waals surface area contributed by atoms with Crippen molar-refractivity contribution in [1.82, 2.24) is 4.90 Å². The van der Waals surface area contributed by atoms with Crippen molar-refractivity contribution in [2.45, 2.75) is 39.2 Å². The molecule has 3 heteroatoms. The van der Waals surface area contributed by atoms with Crippen molar-refractivity contribution in [3.05, 3.63) is 23.8 Å². The lowest BCUT2D eigenvalue weighted by atomic mass is 10.1. The Bertz CT molecular complexity index is 406. The molecule has 0 saturated carbocycles. The maximum absolute atomic E-state index is 5.74. The number of anilines is 1. The van der Waals surface area contributed by atoms with Crippen molar-refractivity contribution in [1.29, 1.82) is 0 Å². The number of likely N-dealkylation sites (tertiary alicyclic amines) is 1. The van der Waals surface area contributed by atoms with Crippen molar-refractivity contribution in [3.8, 4) is 5.75 Å².